The average Bonchev–Trinajstić information content (AvgIpc) is 2.98. The Bertz CT molecular complexity index is 685. The number of carbonyl (C=O) groups excluding carboxylic acids is 3. The van der Waals surface area contributed by atoms with E-state index in [9.17, 15) is 18.8 Å². The lowest BCUT2D eigenvalue weighted by atomic mass is 10.1. The van der Waals surface area contributed by atoms with Crippen LogP contribution in [0.5, 0.6) is 0 Å². The zero-order valence-electron chi connectivity index (χ0n) is 16.0. The normalized spacial score (nSPS) is 17.0. The van der Waals surface area contributed by atoms with Crippen LogP contribution in [0.3, 0.4) is 0 Å². The van der Waals surface area contributed by atoms with Crippen molar-refractivity contribution in [3.05, 3.63) is 35.6 Å². The number of nitrogens with zero attached hydrogens (tertiary/aromatic N) is 1. The van der Waals surface area contributed by atoms with Gasteiger partial charge in [0.05, 0.1) is 0 Å². The van der Waals surface area contributed by atoms with Crippen LogP contribution in [0.1, 0.15) is 37.6 Å². The van der Waals surface area contributed by atoms with Crippen molar-refractivity contribution in [3.63, 3.8) is 0 Å². The predicted octanol–water partition coefficient (Wildman–Crippen LogP) is 1.50. The molecule has 0 unspecified atom stereocenters. The topological polar surface area (TPSA) is 90.5 Å². The molecule has 1 aliphatic rings. The molecule has 0 radical (unpaired) electrons. The van der Waals surface area contributed by atoms with E-state index >= 15 is 0 Å². The quantitative estimate of drug-likeness (QED) is 0.655. The number of carbonyl (C=O) groups is 3. The molecule has 1 aromatic rings. The van der Waals surface area contributed by atoms with E-state index in [-0.39, 0.29) is 42.4 Å². The molecule has 7 nitrogen and oxygen atoms in total. The lowest BCUT2D eigenvalue weighted by Gasteiger charge is -2.32. The van der Waals surface area contributed by atoms with Gasteiger partial charge in [0, 0.05) is 49.6 Å². The minimum Gasteiger partial charge on any atom is -0.350 e. The fourth-order valence-electron chi connectivity index (χ4n) is 2.92. The second-order valence-electron chi connectivity index (χ2n) is 7.64. The molecule has 27 heavy (non-hydrogen) atoms. The maximum absolute atomic E-state index is 12.8. The van der Waals surface area contributed by atoms with Gasteiger partial charge in [0.2, 0.25) is 5.91 Å². The molecule has 1 saturated heterocycles. The van der Waals surface area contributed by atoms with Crippen molar-refractivity contribution in [2.75, 3.05) is 26.2 Å². The maximum atomic E-state index is 12.8. The largest absolute Gasteiger partial charge is 0.350 e. The zero-order valence-corrected chi connectivity index (χ0v) is 16.0. The summed E-state index contributed by atoms with van der Waals surface area (Å²) in [6, 6.07) is 4.89. The minimum absolute atomic E-state index is 0.0978. The summed E-state index contributed by atoms with van der Waals surface area (Å²) in [4.78, 5) is 37.5. The van der Waals surface area contributed by atoms with E-state index in [4.69, 9.17) is 0 Å². The van der Waals surface area contributed by atoms with E-state index in [0.717, 1.165) is 0 Å². The van der Waals surface area contributed by atoms with Gasteiger partial charge in [-0.15, -0.1) is 0 Å². The van der Waals surface area contributed by atoms with Crippen LogP contribution in [0.2, 0.25) is 0 Å². The molecule has 8 heteroatoms. The smallest absolute Gasteiger partial charge is 0.314 e. The van der Waals surface area contributed by atoms with Gasteiger partial charge in [-0.25, -0.2) is 9.18 Å². The molecule has 0 aromatic heterocycles. The van der Waals surface area contributed by atoms with Gasteiger partial charge in [-0.3, -0.25) is 9.59 Å². The van der Waals surface area contributed by atoms with Gasteiger partial charge in [-0.05, 0) is 45.0 Å². The molecule has 1 aliphatic heterocycles. The molecule has 1 atom stereocenters. The third kappa shape index (κ3) is 6.23. The summed E-state index contributed by atoms with van der Waals surface area (Å²) in [6.45, 7) is 7.55. The Morgan fingerprint density at radius 1 is 1.11 bits per heavy atom. The molecule has 148 valence electrons. The van der Waals surface area contributed by atoms with Crippen LogP contribution in [-0.4, -0.2) is 54.5 Å². The number of nitrogens with one attached hydrogen (secondary N) is 3. The third-order valence-corrected chi connectivity index (χ3v) is 4.37. The van der Waals surface area contributed by atoms with Crippen LogP contribution < -0.4 is 16.0 Å². The molecule has 1 heterocycles. The fraction of sp³-hybridized carbons (Fsp3) is 0.526. The third-order valence-electron chi connectivity index (χ3n) is 4.37. The summed E-state index contributed by atoms with van der Waals surface area (Å²) in [5.74, 6) is -0.526. The van der Waals surface area contributed by atoms with Crippen molar-refractivity contribution in [1.82, 2.24) is 20.9 Å². The SMILES string of the molecule is CC(C)(C)N1C[C@H](CNC(=O)NCCNC(=O)c2ccc(F)cc2)CC1=O. The lowest BCUT2D eigenvalue weighted by Crippen LogP contribution is -2.44. The van der Waals surface area contributed by atoms with E-state index in [1.807, 2.05) is 25.7 Å². The molecular weight excluding hydrogens is 351 g/mol. The first-order valence-electron chi connectivity index (χ1n) is 9.03. The molecule has 2 rings (SSSR count). The molecule has 0 saturated carbocycles. The number of amides is 4. The van der Waals surface area contributed by atoms with Crippen molar-refractivity contribution in [3.8, 4) is 0 Å². The summed E-state index contributed by atoms with van der Waals surface area (Å²) in [5.41, 5.74) is 0.145. The minimum atomic E-state index is -0.403. The summed E-state index contributed by atoms with van der Waals surface area (Å²) < 4.78 is 12.8. The second kappa shape index (κ2) is 8.83. The van der Waals surface area contributed by atoms with Gasteiger partial charge in [-0.2, -0.15) is 0 Å². The highest BCUT2D eigenvalue weighted by Gasteiger charge is 2.36. The Labute approximate surface area is 158 Å². The van der Waals surface area contributed by atoms with Gasteiger partial charge in [0.1, 0.15) is 5.82 Å². The number of urea groups is 1. The van der Waals surface area contributed by atoms with E-state index in [1.54, 1.807) is 0 Å². The van der Waals surface area contributed by atoms with Gasteiger partial charge < -0.3 is 20.9 Å². The molecule has 3 N–H and O–H groups in total. The molecule has 1 aromatic carbocycles. The Kier molecular flexibility index (Phi) is 6.76. The number of likely N-dealkylation sites (tertiary alicyclic amines) is 1. The second-order valence-corrected chi connectivity index (χ2v) is 7.64. The van der Waals surface area contributed by atoms with Crippen molar-refractivity contribution in [2.45, 2.75) is 32.7 Å². The fourth-order valence-corrected chi connectivity index (χ4v) is 2.92. The van der Waals surface area contributed by atoms with Gasteiger partial charge in [0.15, 0.2) is 0 Å². The highest BCUT2D eigenvalue weighted by Crippen LogP contribution is 2.25. The van der Waals surface area contributed by atoms with Crippen LogP contribution in [0.4, 0.5) is 9.18 Å². The number of halogens is 1. The van der Waals surface area contributed by atoms with Crippen LogP contribution in [0, 0.1) is 11.7 Å². The van der Waals surface area contributed by atoms with E-state index in [1.165, 1.54) is 24.3 Å². The Balaban J connectivity index is 1.62. The van der Waals surface area contributed by atoms with Crippen molar-refractivity contribution < 1.29 is 18.8 Å². The van der Waals surface area contributed by atoms with E-state index in [0.29, 0.717) is 25.1 Å². The number of hydrogen-bond donors (Lipinski definition) is 3. The maximum Gasteiger partial charge on any atom is 0.314 e. The first-order valence-corrected chi connectivity index (χ1v) is 9.03. The Morgan fingerprint density at radius 2 is 1.74 bits per heavy atom. The van der Waals surface area contributed by atoms with Crippen LogP contribution in [-0.2, 0) is 4.79 Å². The van der Waals surface area contributed by atoms with Crippen LogP contribution >= 0.6 is 0 Å². The van der Waals surface area contributed by atoms with Gasteiger partial charge in [0.25, 0.3) is 5.91 Å². The van der Waals surface area contributed by atoms with Crippen LogP contribution in [0.15, 0.2) is 24.3 Å². The first-order chi connectivity index (χ1) is 12.7. The Hall–Kier alpha value is -2.64. The predicted molar refractivity (Wildman–Crippen MR) is 99.7 cm³/mol. The highest BCUT2D eigenvalue weighted by molar-refractivity contribution is 5.94. The zero-order chi connectivity index (χ0) is 20.0. The number of rotatable bonds is 6. The average molecular weight is 378 g/mol. The lowest BCUT2D eigenvalue weighted by molar-refractivity contribution is -0.131. The first kappa shape index (κ1) is 20.7. The molecule has 0 bridgehead atoms. The molecule has 1 fully saturated rings. The molecule has 4 amide bonds. The van der Waals surface area contributed by atoms with Crippen molar-refractivity contribution in [2.24, 2.45) is 5.92 Å². The highest BCUT2D eigenvalue weighted by atomic mass is 19.1. The Morgan fingerprint density at radius 3 is 2.33 bits per heavy atom. The van der Waals surface area contributed by atoms with Crippen LogP contribution in [0.25, 0.3) is 0 Å². The number of hydrogen-bond acceptors (Lipinski definition) is 3. The van der Waals surface area contributed by atoms with Gasteiger partial charge >= 0.3 is 6.03 Å². The summed E-state index contributed by atoms with van der Waals surface area (Å²) in [7, 11) is 0. The van der Waals surface area contributed by atoms with Crippen molar-refractivity contribution in [1.29, 1.82) is 0 Å². The molecule has 0 aliphatic carbocycles. The summed E-state index contributed by atoms with van der Waals surface area (Å²) >= 11 is 0. The van der Waals surface area contributed by atoms with Crippen molar-refractivity contribution >= 4 is 17.8 Å². The monoisotopic (exact) mass is 378 g/mol. The molecule has 0 spiro atoms. The van der Waals surface area contributed by atoms with Gasteiger partial charge in [-0.1, -0.05) is 0 Å². The standard InChI is InChI=1S/C19H27FN4O3/c1-19(2,3)24-12-13(10-16(24)25)11-23-18(27)22-9-8-21-17(26)14-4-6-15(20)7-5-14/h4-7,13H,8-12H2,1-3H3,(H,21,26)(H2,22,23,27)/t13-/m0/s1. The van der Waals surface area contributed by atoms with E-state index < -0.39 is 5.82 Å². The molecular formula is C19H27FN4O3. The summed E-state index contributed by atoms with van der Waals surface area (Å²) in [6.07, 6.45) is 0.436. The van der Waals surface area contributed by atoms with E-state index in [2.05, 4.69) is 16.0 Å². The summed E-state index contributed by atoms with van der Waals surface area (Å²) in [5, 5.41) is 8.06. The number of benzene rings is 1.